The van der Waals surface area contributed by atoms with E-state index < -0.39 is 5.41 Å². The molecule has 0 saturated heterocycles. The van der Waals surface area contributed by atoms with Crippen LogP contribution in [-0.4, -0.2) is 166 Å². The highest BCUT2D eigenvalue weighted by molar-refractivity contribution is 4.79. The highest BCUT2D eigenvalue weighted by atomic mass is 16.6. The van der Waals surface area contributed by atoms with Crippen molar-refractivity contribution in [3.63, 3.8) is 0 Å². The Hall–Kier alpha value is -0.520. The Kier molecular flexibility index (Phi) is 28.6. The zero-order chi connectivity index (χ0) is 26.4. The summed E-state index contributed by atoms with van der Waals surface area (Å²) in [5.41, 5.74) is -0.630. The predicted octanol–water partition coefficient (Wildman–Crippen LogP) is -1.91. The third-order valence-electron chi connectivity index (χ3n) is 4.44. The molecule has 0 bridgehead atoms. The maximum absolute atomic E-state index is 8.82. The van der Waals surface area contributed by atoms with E-state index >= 15 is 0 Å². The van der Waals surface area contributed by atoms with Gasteiger partial charge in [0.05, 0.1) is 151 Å². The number of aliphatic hydroxyl groups excluding tert-OH is 4. The van der Waals surface area contributed by atoms with Gasteiger partial charge >= 0.3 is 0 Å². The molecule has 0 aromatic carbocycles. The molecule has 0 heterocycles. The predicted molar refractivity (Wildman–Crippen MR) is 128 cm³/mol. The first-order valence-electron chi connectivity index (χ1n) is 12.4. The number of hydrogen-bond acceptors (Lipinski definition) is 13. The maximum atomic E-state index is 8.82. The molecule has 0 radical (unpaired) electrons. The highest BCUT2D eigenvalue weighted by Crippen LogP contribution is 2.21. The van der Waals surface area contributed by atoms with E-state index in [1.165, 1.54) is 0 Å². The zero-order valence-electron chi connectivity index (χ0n) is 21.5. The molecule has 0 aromatic rings. The Balaban J connectivity index is 4.72. The third-order valence-corrected chi connectivity index (χ3v) is 4.44. The van der Waals surface area contributed by atoms with Crippen LogP contribution in [0.3, 0.4) is 0 Å². The number of ether oxygens (including phenoxy) is 9. The van der Waals surface area contributed by atoms with Gasteiger partial charge in [0.15, 0.2) is 0 Å². The van der Waals surface area contributed by atoms with Crippen molar-refractivity contribution < 1.29 is 63.1 Å². The summed E-state index contributed by atoms with van der Waals surface area (Å²) in [5.74, 6) is 0. The van der Waals surface area contributed by atoms with Crippen LogP contribution in [0, 0.1) is 5.41 Å². The Labute approximate surface area is 214 Å². The van der Waals surface area contributed by atoms with Crippen LogP contribution in [0.4, 0.5) is 0 Å². The van der Waals surface area contributed by atoms with Crippen LogP contribution in [0.2, 0.25) is 0 Å². The van der Waals surface area contributed by atoms with E-state index in [-0.39, 0.29) is 79.3 Å². The first kappa shape index (κ1) is 35.5. The van der Waals surface area contributed by atoms with Crippen molar-refractivity contribution >= 4 is 0 Å². The van der Waals surface area contributed by atoms with E-state index in [4.69, 9.17) is 63.1 Å². The van der Waals surface area contributed by atoms with Crippen LogP contribution < -0.4 is 0 Å². The summed E-state index contributed by atoms with van der Waals surface area (Å²) < 4.78 is 49.7. The summed E-state index contributed by atoms with van der Waals surface area (Å²) in [6, 6.07) is 0. The van der Waals surface area contributed by atoms with Crippen LogP contribution in [0.1, 0.15) is 0 Å². The van der Waals surface area contributed by atoms with Gasteiger partial charge in [0.2, 0.25) is 0 Å². The summed E-state index contributed by atoms with van der Waals surface area (Å²) in [6.45, 7) is 5.51. The standard InChI is InChI=1S/C23H48O13/c24-1-5-28-9-10-32-14-18-36-22-23(19-33-15-11-29-6-2-25,20-34-16-12-30-7-3-26)21-35-17-13-31-8-4-27/h24-27H,1-22H2. The lowest BCUT2D eigenvalue weighted by Gasteiger charge is -2.33. The van der Waals surface area contributed by atoms with Gasteiger partial charge in [-0.1, -0.05) is 0 Å². The molecule has 0 aromatic heterocycles. The lowest BCUT2D eigenvalue weighted by atomic mass is 9.92. The van der Waals surface area contributed by atoms with Crippen LogP contribution in [0.5, 0.6) is 0 Å². The molecule has 0 fully saturated rings. The summed E-state index contributed by atoms with van der Waals surface area (Å²) in [4.78, 5) is 0. The first-order valence-corrected chi connectivity index (χ1v) is 12.4. The van der Waals surface area contributed by atoms with Crippen LogP contribution >= 0.6 is 0 Å². The second-order valence-corrected chi connectivity index (χ2v) is 7.67. The zero-order valence-corrected chi connectivity index (χ0v) is 21.5. The minimum Gasteiger partial charge on any atom is -0.394 e. The van der Waals surface area contributed by atoms with Gasteiger partial charge in [-0.15, -0.1) is 0 Å². The monoisotopic (exact) mass is 532 g/mol. The average Bonchev–Trinajstić information content (AvgIpc) is 2.89. The van der Waals surface area contributed by atoms with Crippen molar-refractivity contribution in [2.45, 2.75) is 0 Å². The van der Waals surface area contributed by atoms with E-state index in [1.54, 1.807) is 0 Å². The van der Waals surface area contributed by atoms with E-state index in [1.807, 2.05) is 0 Å². The minimum absolute atomic E-state index is 0.0217. The van der Waals surface area contributed by atoms with Gasteiger partial charge in [0.25, 0.3) is 0 Å². The van der Waals surface area contributed by atoms with Gasteiger partial charge in [-0.2, -0.15) is 0 Å². The Morgan fingerprint density at radius 3 is 0.694 bits per heavy atom. The smallest absolute Gasteiger partial charge is 0.0701 e. The molecular formula is C23H48O13. The fraction of sp³-hybridized carbons (Fsp3) is 1.00. The van der Waals surface area contributed by atoms with E-state index in [0.29, 0.717) is 66.1 Å². The van der Waals surface area contributed by atoms with Crippen molar-refractivity contribution in [3.05, 3.63) is 0 Å². The second-order valence-electron chi connectivity index (χ2n) is 7.67. The molecule has 0 aliphatic carbocycles. The summed E-state index contributed by atoms with van der Waals surface area (Å²) in [5, 5.41) is 35.2. The maximum Gasteiger partial charge on any atom is 0.0701 e. The van der Waals surface area contributed by atoms with Gasteiger partial charge < -0.3 is 63.1 Å². The molecule has 218 valence electrons. The molecule has 0 unspecified atom stereocenters. The number of hydrogen-bond donors (Lipinski definition) is 4. The Bertz CT molecular complexity index is 377. The summed E-state index contributed by atoms with van der Waals surface area (Å²) in [7, 11) is 0. The van der Waals surface area contributed by atoms with Gasteiger partial charge in [0.1, 0.15) is 0 Å². The van der Waals surface area contributed by atoms with Gasteiger partial charge in [-0.25, -0.2) is 0 Å². The Morgan fingerprint density at radius 2 is 0.472 bits per heavy atom. The molecule has 0 aliphatic rings. The molecule has 36 heavy (non-hydrogen) atoms. The fourth-order valence-electron chi connectivity index (χ4n) is 2.76. The quantitative estimate of drug-likeness (QED) is 0.0732. The fourth-order valence-corrected chi connectivity index (χ4v) is 2.76. The first-order chi connectivity index (χ1) is 17.7. The molecule has 13 heteroatoms. The molecule has 0 rings (SSSR count). The van der Waals surface area contributed by atoms with Crippen molar-refractivity contribution in [3.8, 4) is 0 Å². The highest BCUT2D eigenvalue weighted by Gasteiger charge is 2.32. The third kappa shape index (κ3) is 23.9. The van der Waals surface area contributed by atoms with E-state index in [9.17, 15) is 0 Å². The van der Waals surface area contributed by atoms with Crippen molar-refractivity contribution in [2.75, 3.05) is 145 Å². The molecule has 0 aliphatic heterocycles. The molecule has 4 N–H and O–H groups in total. The lowest BCUT2D eigenvalue weighted by molar-refractivity contribution is -0.122. The molecule has 0 amide bonds. The van der Waals surface area contributed by atoms with Gasteiger partial charge in [-0.05, 0) is 0 Å². The Morgan fingerprint density at radius 1 is 0.278 bits per heavy atom. The van der Waals surface area contributed by atoms with E-state index in [0.717, 1.165) is 0 Å². The van der Waals surface area contributed by atoms with Crippen LogP contribution in [-0.2, 0) is 42.6 Å². The van der Waals surface area contributed by atoms with Gasteiger partial charge in [0, 0.05) is 0 Å². The second kappa shape index (κ2) is 29.0. The summed E-state index contributed by atoms with van der Waals surface area (Å²) >= 11 is 0. The molecule has 0 saturated carbocycles. The number of rotatable bonds is 31. The van der Waals surface area contributed by atoms with E-state index in [2.05, 4.69) is 0 Å². The average molecular weight is 533 g/mol. The molecule has 13 nitrogen and oxygen atoms in total. The van der Waals surface area contributed by atoms with Crippen molar-refractivity contribution in [1.29, 1.82) is 0 Å². The van der Waals surface area contributed by atoms with Crippen molar-refractivity contribution in [1.82, 2.24) is 0 Å². The topological polar surface area (TPSA) is 164 Å². The molecular weight excluding hydrogens is 484 g/mol. The lowest BCUT2D eigenvalue weighted by Crippen LogP contribution is -2.43. The number of aliphatic hydroxyl groups is 4. The largest absolute Gasteiger partial charge is 0.394 e. The minimum atomic E-state index is -0.630. The SMILES string of the molecule is OCCOCCOCCOCC(COCCOCCO)(COCCOCCO)COCCOCCO. The normalized spacial score (nSPS) is 12.0. The van der Waals surface area contributed by atoms with Crippen LogP contribution in [0.25, 0.3) is 0 Å². The molecule has 0 spiro atoms. The summed E-state index contributed by atoms with van der Waals surface area (Å²) in [6.07, 6.45) is 0. The van der Waals surface area contributed by atoms with Crippen LogP contribution in [0.15, 0.2) is 0 Å². The van der Waals surface area contributed by atoms with Gasteiger partial charge in [-0.3, -0.25) is 0 Å². The molecule has 0 atom stereocenters. The van der Waals surface area contributed by atoms with Crippen molar-refractivity contribution in [2.24, 2.45) is 5.41 Å².